The summed E-state index contributed by atoms with van der Waals surface area (Å²) < 4.78 is 0. The predicted octanol–water partition coefficient (Wildman–Crippen LogP) is 2.25. The Morgan fingerprint density at radius 1 is 1.80 bits per heavy atom. The van der Waals surface area contributed by atoms with Gasteiger partial charge in [-0.2, -0.15) is 0 Å². The molecule has 0 aliphatic carbocycles. The lowest BCUT2D eigenvalue weighted by atomic mass is 10.3. The van der Waals surface area contributed by atoms with Crippen molar-refractivity contribution in [2.24, 2.45) is 0 Å². The van der Waals surface area contributed by atoms with Crippen LogP contribution in [0.1, 0.15) is 6.92 Å². The zero-order valence-corrected chi connectivity index (χ0v) is 6.92. The van der Waals surface area contributed by atoms with Gasteiger partial charge in [-0.15, -0.1) is 11.8 Å². The Balaban J connectivity index is 2.72. The van der Waals surface area contributed by atoms with E-state index in [4.69, 9.17) is 0 Å². The molecule has 1 nitrogen and oxygen atoms in total. The largest absolute Gasteiger partial charge is 0.375 e. The molecular formula is C8H11NS. The number of hydrogen-bond donors (Lipinski definition) is 1. The number of rotatable bonds is 1. The first-order valence-electron chi connectivity index (χ1n) is 3.13. The fraction of sp³-hybridized carbons (Fsp3) is 0.250. The first-order chi connectivity index (χ1) is 4.70. The van der Waals surface area contributed by atoms with E-state index < -0.39 is 0 Å². The van der Waals surface area contributed by atoms with Gasteiger partial charge in [0.1, 0.15) is 0 Å². The average molecular weight is 153 g/mol. The molecule has 0 aromatic heterocycles. The summed E-state index contributed by atoms with van der Waals surface area (Å²) >= 11 is 1.77. The summed E-state index contributed by atoms with van der Waals surface area (Å²) in [5.41, 5.74) is 2.10. The number of nitrogens with one attached hydrogen (secondary N) is 1. The van der Waals surface area contributed by atoms with Crippen LogP contribution in [0, 0.1) is 0 Å². The predicted molar refractivity (Wildman–Crippen MR) is 47.6 cm³/mol. The first kappa shape index (κ1) is 7.48. The van der Waals surface area contributed by atoms with E-state index in [9.17, 15) is 0 Å². The molecule has 0 unspecified atom stereocenters. The van der Waals surface area contributed by atoms with Crippen molar-refractivity contribution in [3.63, 3.8) is 0 Å². The van der Waals surface area contributed by atoms with Gasteiger partial charge in [-0.05, 0) is 13.0 Å². The standard InChI is InChI=1S/C8H11NS/c1-6(2)4-8-7(3)9-5-10-8/h4,9H,1,3,5H2,2H3/b8-4+. The van der Waals surface area contributed by atoms with Crippen LogP contribution in [0.15, 0.2) is 35.4 Å². The third kappa shape index (κ3) is 1.67. The number of thioether (sulfide) groups is 1. The summed E-state index contributed by atoms with van der Waals surface area (Å²) in [6.07, 6.45) is 2.05. The van der Waals surface area contributed by atoms with Crippen molar-refractivity contribution in [1.82, 2.24) is 5.32 Å². The molecule has 1 heterocycles. The summed E-state index contributed by atoms with van der Waals surface area (Å²) in [6.45, 7) is 9.63. The molecule has 1 aliphatic rings. The van der Waals surface area contributed by atoms with Gasteiger partial charge in [0.2, 0.25) is 0 Å². The van der Waals surface area contributed by atoms with Crippen molar-refractivity contribution < 1.29 is 0 Å². The summed E-state index contributed by atoms with van der Waals surface area (Å²) in [4.78, 5) is 1.22. The SMILES string of the molecule is C=C(C)/C=C1/SCNC1=C. The highest BCUT2D eigenvalue weighted by Gasteiger charge is 2.09. The maximum Gasteiger partial charge on any atom is 0.0658 e. The Morgan fingerprint density at radius 3 is 2.90 bits per heavy atom. The van der Waals surface area contributed by atoms with Gasteiger partial charge in [-0.25, -0.2) is 0 Å². The van der Waals surface area contributed by atoms with Gasteiger partial charge in [0.15, 0.2) is 0 Å². The number of allylic oxidation sites excluding steroid dienone is 2. The second-order valence-electron chi connectivity index (χ2n) is 2.30. The molecule has 1 rings (SSSR count). The molecule has 0 aromatic rings. The van der Waals surface area contributed by atoms with Crippen molar-refractivity contribution in [2.75, 3.05) is 5.88 Å². The molecule has 1 aliphatic heterocycles. The Bertz CT molecular complexity index is 203. The minimum Gasteiger partial charge on any atom is -0.375 e. The third-order valence-electron chi connectivity index (χ3n) is 1.19. The average Bonchev–Trinajstić information content (AvgIpc) is 2.15. The van der Waals surface area contributed by atoms with Crippen LogP contribution >= 0.6 is 11.8 Å². The Kier molecular flexibility index (Phi) is 2.22. The van der Waals surface area contributed by atoms with E-state index in [-0.39, 0.29) is 0 Å². The summed E-state index contributed by atoms with van der Waals surface area (Å²) in [5, 5.41) is 3.13. The topological polar surface area (TPSA) is 12.0 Å². The maximum absolute atomic E-state index is 3.85. The van der Waals surface area contributed by atoms with Crippen molar-refractivity contribution >= 4 is 11.8 Å². The van der Waals surface area contributed by atoms with Gasteiger partial charge in [-0.1, -0.05) is 18.7 Å². The molecule has 0 aromatic carbocycles. The lowest BCUT2D eigenvalue weighted by Gasteiger charge is -1.94. The molecule has 0 atom stereocenters. The van der Waals surface area contributed by atoms with Crippen LogP contribution in [0.25, 0.3) is 0 Å². The van der Waals surface area contributed by atoms with Crippen LogP contribution in [0.2, 0.25) is 0 Å². The molecule has 1 N–H and O–H groups in total. The normalized spacial score (nSPS) is 21.3. The first-order valence-corrected chi connectivity index (χ1v) is 4.12. The van der Waals surface area contributed by atoms with Crippen molar-refractivity contribution in [1.29, 1.82) is 0 Å². The second kappa shape index (κ2) is 2.97. The lowest BCUT2D eigenvalue weighted by molar-refractivity contribution is 1.03. The molecule has 10 heavy (non-hydrogen) atoms. The zero-order chi connectivity index (χ0) is 7.56. The minimum absolute atomic E-state index is 0.942. The van der Waals surface area contributed by atoms with E-state index in [2.05, 4.69) is 18.5 Å². The van der Waals surface area contributed by atoms with Gasteiger partial charge >= 0.3 is 0 Å². The van der Waals surface area contributed by atoms with Gasteiger partial charge < -0.3 is 5.32 Å². The van der Waals surface area contributed by atoms with Gasteiger partial charge in [0.05, 0.1) is 5.88 Å². The van der Waals surface area contributed by atoms with E-state index in [1.54, 1.807) is 11.8 Å². The summed E-state index contributed by atoms with van der Waals surface area (Å²) in [5.74, 6) is 0.942. The van der Waals surface area contributed by atoms with Crippen LogP contribution in [-0.4, -0.2) is 5.88 Å². The molecule has 0 saturated carbocycles. The van der Waals surface area contributed by atoms with Gasteiger partial charge in [0.25, 0.3) is 0 Å². The number of hydrogen-bond acceptors (Lipinski definition) is 2. The van der Waals surface area contributed by atoms with E-state index >= 15 is 0 Å². The van der Waals surface area contributed by atoms with Crippen LogP contribution in [0.4, 0.5) is 0 Å². The highest BCUT2D eigenvalue weighted by Crippen LogP contribution is 2.27. The highest BCUT2D eigenvalue weighted by molar-refractivity contribution is 8.03. The third-order valence-corrected chi connectivity index (χ3v) is 2.15. The lowest BCUT2D eigenvalue weighted by Crippen LogP contribution is -2.01. The molecule has 1 saturated heterocycles. The smallest absolute Gasteiger partial charge is 0.0658 e. The molecule has 54 valence electrons. The van der Waals surface area contributed by atoms with Gasteiger partial charge in [0, 0.05) is 10.6 Å². The fourth-order valence-corrected chi connectivity index (χ4v) is 1.66. The molecule has 0 bridgehead atoms. The molecule has 0 spiro atoms. The van der Waals surface area contributed by atoms with Crippen LogP contribution in [0.3, 0.4) is 0 Å². The molecule has 2 heteroatoms. The fourth-order valence-electron chi connectivity index (χ4n) is 0.728. The van der Waals surface area contributed by atoms with Crippen LogP contribution < -0.4 is 5.32 Å². The molecule has 1 fully saturated rings. The molecule has 0 amide bonds. The molecule has 0 radical (unpaired) electrons. The minimum atomic E-state index is 0.942. The van der Waals surface area contributed by atoms with Crippen LogP contribution in [-0.2, 0) is 0 Å². The van der Waals surface area contributed by atoms with Gasteiger partial charge in [-0.3, -0.25) is 0 Å². The van der Waals surface area contributed by atoms with E-state index in [1.165, 1.54) is 4.91 Å². The van der Waals surface area contributed by atoms with Crippen molar-refractivity contribution in [3.05, 3.63) is 35.4 Å². The Morgan fingerprint density at radius 2 is 2.50 bits per heavy atom. The molecular weight excluding hydrogens is 142 g/mol. The monoisotopic (exact) mass is 153 g/mol. The second-order valence-corrected chi connectivity index (χ2v) is 3.32. The summed E-state index contributed by atoms with van der Waals surface area (Å²) in [7, 11) is 0. The van der Waals surface area contributed by atoms with E-state index in [0.717, 1.165) is 17.1 Å². The Hall–Kier alpha value is -0.630. The zero-order valence-electron chi connectivity index (χ0n) is 6.11. The summed E-state index contributed by atoms with van der Waals surface area (Å²) in [6, 6.07) is 0. The Labute approximate surface area is 65.9 Å². The van der Waals surface area contributed by atoms with E-state index in [0.29, 0.717) is 0 Å². The highest BCUT2D eigenvalue weighted by atomic mass is 32.2. The van der Waals surface area contributed by atoms with Crippen LogP contribution in [0.5, 0.6) is 0 Å². The van der Waals surface area contributed by atoms with Crippen molar-refractivity contribution in [3.8, 4) is 0 Å². The van der Waals surface area contributed by atoms with E-state index in [1.807, 2.05) is 13.0 Å². The van der Waals surface area contributed by atoms with Crippen molar-refractivity contribution in [2.45, 2.75) is 6.92 Å². The maximum atomic E-state index is 3.85. The quantitative estimate of drug-likeness (QED) is 0.620.